The van der Waals surface area contributed by atoms with E-state index < -0.39 is 0 Å². The predicted octanol–water partition coefficient (Wildman–Crippen LogP) is 5.46. The number of rotatable bonds is 2. The lowest BCUT2D eigenvalue weighted by atomic mass is 10.2. The second kappa shape index (κ2) is 7.31. The molecule has 1 saturated heterocycles. The van der Waals surface area contributed by atoms with Crippen molar-refractivity contribution in [3.63, 3.8) is 0 Å². The number of carbonyl (C=O) groups is 1. The van der Waals surface area contributed by atoms with Gasteiger partial charge in [0.1, 0.15) is 5.75 Å². The number of aromatic hydroxyl groups is 1. The van der Waals surface area contributed by atoms with Gasteiger partial charge < -0.3 is 10.4 Å². The van der Waals surface area contributed by atoms with E-state index in [2.05, 4.69) is 42.2 Å². The summed E-state index contributed by atoms with van der Waals surface area (Å²) in [5.74, 6) is -0.118. The molecule has 4 nitrogen and oxygen atoms in total. The molecular weight excluding hydrogens is 480 g/mol. The maximum atomic E-state index is 12.1. The fraction of sp³-hybridized carbons (Fsp3) is 0. The molecule has 122 valence electrons. The Kier molecular flexibility index (Phi) is 5.34. The van der Waals surface area contributed by atoms with E-state index in [0.29, 0.717) is 29.7 Å². The van der Waals surface area contributed by atoms with Crippen LogP contribution in [0.15, 0.2) is 55.2 Å². The number of thioether (sulfide) groups is 1. The average Bonchev–Trinajstić information content (AvgIpc) is 2.87. The first kappa shape index (κ1) is 17.5. The zero-order valence-electron chi connectivity index (χ0n) is 11.9. The highest BCUT2D eigenvalue weighted by atomic mass is 79.9. The number of hydrogen-bond acceptors (Lipinski definition) is 4. The molecule has 1 heterocycles. The summed E-state index contributed by atoms with van der Waals surface area (Å²) in [5, 5.41) is 13.4. The van der Waals surface area contributed by atoms with Crippen LogP contribution in [0.3, 0.4) is 0 Å². The summed E-state index contributed by atoms with van der Waals surface area (Å²) in [4.78, 5) is 17.0. The summed E-state index contributed by atoms with van der Waals surface area (Å²) >= 11 is 13.8. The van der Waals surface area contributed by atoms with Gasteiger partial charge in [-0.1, -0.05) is 23.7 Å². The Balaban J connectivity index is 1.89. The summed E-state index contributed by atoms with van der Waals surface area (Å²) < 4.78 is 1.08. The first-order valence-electron chi connectivity index (χ1n) is 6.66. The van der Waals surface area contributed by atoms with Crippen LogP contribution < -0.4 is 5.32 Å². The Hall–Kier alpha value is -1.28. The summed E-state index contributed by atoms with van der Waals surface area (Å²) in [7, 11) is 0. The lowest BCUT2D eigenvalue weighted by Gasteiger charge is -2.02. The second-order valence-corrected chi connectivity index (χ2v) is 7.91. The van der Waals surface area contributed by atoms with Crippen LogP contribution in [0.2, 0.25) is 5.02 Å². The van der Waals surface area contributed by atoms with Gasteiger partial charge in [0.25, 0.3) is 5.91 Å². The molecule has 2 aromatic carbocycles. The Morgan fingerprint density at radius 2 is 1.88 bits per heavy atom. The lowest BCUT2D eigenvalue weighted by molar-refractivity contribution is -0.115. The van der Waals surface area contributed by atoms with E-state index in [4.69, 9.17) is 11.6 Å². The number of phenolic OH excluding ortho intramolecular Hbond substituents is 1. The Labute approximate surface area is 164 Å². The van der Waals surface area contributed by atoms with Crippen LogP contribution in [0.1, 0.15) is 5.56 Å². The van der Waals surface area contributed by atoms with Crippen LogP contribution in [-0.2, 0) is 4.79 Å². The number of halogens is 3. The quantitative estimate of drug-likeness (QED) is 0.552. The lowest BCUT2D eigenvalue weighted by Crippen LogP contribution is -2.19. The average molecular weight is 489 g/mol. The monoisotopic (exact) mass is 486 g/mol. The maximum absolute atomic E-state index is 12.1. The molecule has 3 rings (SSSR count). The third-order valence-corrected chi connectivity index (χ3v) is 5.50. The standard InChI is InChI=1S/C16H9Br2ClN2O2S/c17-9-5-8(6-10(18)14(9)22)7-13-15(23)21-16(24-13)20-12-4-2-1-3-11(12)19/h1-7,22H,(H,20,21,23)/b13-7-. The van der Waals surface area contributed by atoms with Crippen molar-refractivity contribution >= 4 is 78.1 Å². The van der Waals surface area contributed by atoms with E-state index in [1.807, 2.05) is 12.1 Å². The first-order valence-corrected chi connectivity index (χ1v) is 9.44. The third-order valence-electron chi connectivity index (χ3n) is 3.06. The van der Waals surface area contributed by atoms with Crippen LogP contribution in [0.5, 0.6) is 5.75 Å². The molecule has 1 aliphatic heterocycles. The summed E-state index contributed by atoms with van der Waals surface area (Å²) in [6.07, 6.45) is 1.73. The number of phenols is 1. The number of hydrogen-bond donors (Lipinski definition) is 2. The molecule has 0 radical (unpaired) electrons. The minimum atomic E-state index is -0.230. The molecule has 1 amide bonds. The molecular formula is C16H9Br2ClN2O2S. The van der Waals surface area contributed by atoms with Crippen LogP contribution in [0, 0.1) is 0 Å². The Morgan fingerprint density at radius 3 is 2.54 bits per heavy atom. The summed E-state index contributed by atoms with van der Waals surface area (Å²) in [5.41, 5.74) is 1.36. The zero-order valence-corrected chi connectivity index (χ0v) is 16.6. The number of amides is 1. The largest absolute Gasteiger partial charge is 0.506 e. The second-order valence-electron chi connectivity index (χ2n) is 4.77. The number of nitrogens with one attached hydrogen (secondary N) is 1. The van der Waals surface area contributed by atoms with Gasteiger partial charge in [-0.3, -0.25) is 4.79 Å². The molecule has 0 saturated carbocycles. The predicted molar refractivity (Wildman–Crippen MR) is 106 cm³/mol. The number of amidine groups is 1. The maximum Gasteiger partial charge on any atom is 0.264 e. The van der Waals surface area contributed by atoms with Gasteiger partial charge in [-0.2, -0.15) is 0 Å². The SMILES string of the molecule is O=C1NC(=Nc2ccccc2Cl)S/C1=C\c1cc(Br)c(O)c(Br)c1. The fourth-order valence-corrected chi connectivity index (χ4v) is 4.19. The Bertz CT molecular complexity index is 876. The minimum Gasteiger partial charge on any atom is -0.506 e. The molecule has 24 heavy (non-hydrogen) atoms. The number of para-hydroxylation sites is 1. The number of carbonyl (C=O) groups excluding carboxylic acids is 1. The van der Waals surface area contributed by atoms with Gasteiger partial charge in [0.05, 0.1) is 24.6 Å². The van der Waals surface area contributed by atoms with Crippen LogP contribution in [-0.4, -0.2) is 16.2 Å². The normalized spacial score (nSPS) is 17.5. The van der Waals surface area contributed by atoms with Crippen molar-refractivity contribution in [1.29, 1.82) is 0 Å². The van der Waals surface area contributed by atoms with Gasteiger partial charge in [-0.15, -0.1) is 0 Å². The topological polar surface area (TPSA) is 61.7 Å². The molecule has 1 fully saturated rings. The van der Waals surface area contributed by atoms with E-state index in [-0.39, 0.29) is 11.7 Å². The van der Waals surface area contributed by atoms with Gasteiger partial charge in [-0.25, -0.2) is 4.99 Å². The van der Waals surface area contributed by atoms with Crippen molar-refractivity contribution in [2.75, 3.05) is 0 Å². The van der Waals surface area contributed by atoms with Crippen LogP contribution >= 0.6 is 55.2 Å². The van der Waals surface area contributed by atoms with Crippen molar-refractivity contribution in [3.8, 4) is 5.75 Å². The molecule has 0 bridgehead atoms. The number of nitrogens with zero attached hydrogens (tertiary/aromatic N) is 1. The molecule has 1 aliphatic rings. The van der Waals surface area contributed by atoms with Crippen molar-refractivity contribution in [3.05, 3.63) is 60.8 Å². The molecule has 2 aromatic rings. The highest BCUT2D eigenvalue weighted by Crippen LogP contribution is 2.36. The van der Waals surface area contributed by atoms with Crippen LogP contribution in [0.25, 0.3) is 6.08 Å². The number of aliphatic imine (C=N–C) groups is 1. The van der Waals surface area contributed by atoms with Gasteiger partial charge in [0, 0.05) is 0 Å². The molecule has 2 N–H and O–H groups in total. The van der Waals surface area contributed by atoms with Crippen molar-refractivity contribution in [2.24, 2.45) is 4.99 Å². The van der Waals surface area contributed by atoms with E-state index in [9.17, 15) is 9.90 Å². The van der Waals surface area contributed by atoms with Gasteiger partial charge in [-0.05, 0) is 79.5 Å². The molecule has 8 heteroatoms. The highest BCUT2D eigenvalue weighted by Gasteiger charge is 2.24. The van der Waals surface area contributed by atoms with Gasteiger partial charge >= 0.3 is 0 Å². The van der Waals surface area contributed by atoms with Crippen molar-refractivity contribution in [2.45, 2.75) is 0 Å². The minimum absolute atomic E-state index is 0.113. The molecule has 0 aliphatic carbocycles. The smallest absolute Gasteiger partial charge is 0.264 e. The molecule has 0 spiro atoms. The third kappa shape index (κ3) is 3.85. The Morgan fingerprint density at radius 1 is 1.21 bits per heavy atom. The molecule has 0 aromatic heterocycles. The van der Waals surface area contributed by atoms with E-state index >= 15 is 0 Å². The van der Waals surface area contributed by atoms with E-state index in [1.54, 1.807) is 30.3 Å². The molecule has 0 unspecified atom stereocenters. The van der Waals surface area contributed by atoms with Crippen molar-refractivity contribution in [1.82, 2.24) is 5.32 Å². The highest BCUT2D eigenvalue weighted by molar-refractivity contribution is 9.11. The van der Waals surface area contributed by atoms with E-state index in [1.165, 1.54) is 11.8 Å². The summed E-state index contributed by atoms with van der Waals surface area (Å²) in [6, 6.07) is 10.6. The molecule has 0 atom stereocenters. The fourth-order valence-electron chi connectivity index (χ4n) is 1.95. The van der Waals surface area contributed by atoms with Crippen LogP contribution in [0.4, 0.5) is 5.69 Å². The first-order chi connectivity index (χ1) is 11.4. The van der Waals surface area contributed by atoms with Gasteiger partial charge in [0.2, 0.25) is 0 Å². The number of benzene rings is 2. The summed E-state index contributed by atoms with van der Waals surface area (Å²) in [6.45, 7) is 0. The zero-order chi connectivity index (χ0) is 17.3. The van der Waals surface area contributed by atoms with E-state index in [0.717, 1.165) is 5.56 Å². The van der Waals surface area contributed by atoms with Crippen molar-refractivity contribution < 1.29 is 9.90 Å². The van der Waals surface area contributed by atoms with Gasteiger partial charge in [0.15, 0.2) is 5.17 Å².